The Kier molecular flexibility index (Phi) is 4.58. The molecule has 0 saturated carbocycles. The molecule has 0 spiro atoms. The van der Waals surface area contributed by atoms with Gasteiger partial charge in [-0.05, 0) is 16.3 Å². The van der Waals surface area contributed by atoms with Crippen LogP contribution in [0.3, 0.4) is 0 Å². The quantitative estimate of drug-likeness (QED) is 0.428. The predicted octanol–water partition coefficient (Wildman–Crippen LogP) is 3.69. The van der Waals surface area contributed by atoms with Crippen LogP contribution in [0, 0.1) is 0 Å². The van der Waals surface area contributed by atoms with E-state index in [1.54, 1.807) is 10.6 Å². The molecule has 1 amide bonds. The van der Waals surface area contributed by atoms with Crippen LogP contribution in [0.4, 0.5) is 5.82 Å². The number of carbonyl (C=O) groups excluding carboxylic acids is 1. The van der Waals surface area contributed by atoms with Crippen LogP contribution in [0.5, 0.6) is 0 Å². The second kappa shape index (κ2) is 7.04. The Hall–Kier alpha value is -2.86. The molecule has 2 aromatic carbocycles. The van der Waals surface area contributed by atoms with Gasteiger partial charge in [0.25, 0.3) is 5.56 Å². The van der Waals surface area contributed by atoms with Gasteiger partial charge in [-0.3, -0.25) is 9.59 Å². The molecule has 1 unspecified atom stereocenters. The highest BCUT2D eigenvalue weighted by Gasteiger charge is 2.32. The van der Waals surface area contributed by atoms with Crippen LogP contribution >= 0.6 is 11.8 Å². The van der Waals surface area contributed by atoms with Crippen molar-refractivity contribution >= 4 is 34.3 Å². The van der Waals surface area contributed by atoms with Gasteiger partial charge < -0.3 is 9.88 Å². The van der Waals surface area contributed by atoms with Crippen LogP contribution in [-0.2, 0) is 11.8 Å². The van der Waals surface area contributed by atoms with E-state index in [9.17, 15) is 9.59 Å². The molecule has 5 nitrogen and oxygen atoms in total. The molecule has 1 aliphatic heterocycles. The van der Waals surface area contributed by atoms with Gasteiger partial charge >= 0.3 is 0 Å². The number of benzene rings is 2. The lowest BCUT2D eigenvalue weighted by Crippen LogP contribution is -2.33. The van der Waals surface area contributed by atoms with E-state index >= 15 is 0 Å². The van der Waals surface area contributed by atoms with Gasteiger partial charge in [0.05, 0.1) is 5.56 Å². The summed E-state index contributed by atoms with van der Waals surface area (Å²) in [6, 6.07) is 14.0. The summed E-state index contributed by atoms with van der Waals surface area (Å²) in [5, 5.41) is 5.59. The molecule has 1 aromatic heterocycles. The Bertz CT molecular complexity index is 1110. The van der Waals surface area contributed by atoms with Crippen molar-refractivity contribution < 1.29 is 4.79 Å². The summed E-state index contributed by atoms with van der Waals surface area (Å²) in [6.07, 6.45) is 1.99. The van der Waals surface area contributed by atoms with Gasteiger partial charge in [-0.25, -0.2) is 0 Å². The number of nitrogens with zero attached hydrogens (tertiary/aromatic N) is 2. The van der Waals surface area contributed by atoms with Crippen LogP contribution in [0.1, 0.15) is 23.5 Å². The van der Waals surface area contributed by atoms with Gasteiger partial charge in [0.1, 0.15) is 5.82 Å². The van der Waals surface area contributed by atoms with Crippen molar-refractivity contribution in [3.8, 4) is 0 Å². The number of rotatable bonds is 4. The summed E-state index contributed by atoms with van der Waals surface area (Å²) < 4.78 is 1.79. The van der Waals surface area contributed by atoms with E-state index in [0.29, 0.717) is 22.3 Å². The van der Waals surface area contributed by atoms with Gasteiger partial charge in [-0.2, -0.15) is 4.98 Å². The smallest absolute Gasteiger partial charge is 0.279 e. The summed E-state index contributed by atoms with van der Waals surface area (Å²) in [7, 11) is 1.82. The zero-order valence-corrected chi connectivity index (χ0v) is 15.8. The monoisotopic (exact) mass is 377 g/mol. The molecule has 0 saturated heterocycles. The highest BCUT2D eigenvalue weighted by molar-refractivity contribution is 7.99. The first-order chi connectivity index (χ1) is 13.1. The van der Waals surface area contributed by atoms with Crippen LogP contribution in [0.2, 0.25) is 0 Å². The molecular weight excluding hydrogens is 358 g/mol. The first-order valence-corrected chi connectivity index (χ1v) is 9.71. The minimum atomic E-state index is -0.315. The van der Waals surface area contributed by atoms with Crippen molar-refractivity contribution in [2.45, 2.75) is 17.5 Å². The Balaban J connectivity index is 1.93. The SMILES string of the molecule is C=CCSc1nc(=O)c2c(n1C)NC(=O)CC2c1cccc2ccccc12. The highest BCUT2D eigenvalue weighted by Crippen LogP contribution is 2.38. The lowest BCUT2D eigenvalue weighted by Gasteiger charge is -2.28. The lowest BCUT2D eigenvalue weighted by atomic mass is 9.84. The van der Waals surface area contributed by atoms with Crippen molar-refractivity contribution in [1.82, 2.24) is 9.55 Å². The van der Waals surface area contributed by atoms with E-state index < -0.39 is 0 Å². The van der Waals surface area contributed by atoms with Crippen LogP contribution < -0.4 is 10.9 Å². The number of nitrogens with one attached hydrogen (secondary N) is 1. The summed E-state index contributed by atoms with van der Waals surface area (Å²) in [4.78, 5) is 29.7. The summed E-state index contributed by atoms with van der Waals surface area (Å²) >= 11 is 1.42. The third kappa shape index (κ3) is 3.06. The van der Waals surface area contributed by atoms with E-state index in [2.05, 4.69) is 16.9 Å². The fraction of sp³-hybridized carbons (Fsp3) is 0.190. The summed E-state index contributed by atoms with van der Waals surface area (Å²) in [5.74, 6) is 0.765. The normalized spacial score (nSPS) is 16.0. The maximum absolute atomic E-state index is 12.9. The molecule has 0 aliphatic carbocycles. The Morgan fingerprint density at radius 1 is 1.26 bits per heavy atom. The van der Waals surface area contributed by atoms with Gasteiger partial charge in [0.15, 0.2) is 5.16 Å². The Labute approximate surface area is 161 Å². The zero-order chi connectivity index (χ0) is 19.0. The lowest BCUT2D eigenvalue weighted by molar-refractivity contribution is -0.116. The van der Waals surface area contributed by atoms with Crippen molar-refractivity contribution in [1.29, 1.82) is 0 Å². The zero-order valence-electron chi connectivity index (χ0n) is 14.9. The summed E-state index contributed by atoms with van der Waals surface area (Å²) in [6.45, 7) is 3.70. The first-order valence-electron chi connectivity index (χ1n) is 8.72. The van der Waals surface area contributed by atoms with Gasteiger partial charge in [-0.15, -0.1) is 6.58 Å². The predicted molar refractivity (Wildman–Crippen MR) is 109 cm³/mol. The number of hydrogen-bond donors (Lipinski definition) is 1. The van der Waals surface area contributed by atoms with E-state index in [1.165, 1.54) is 11.8 Å². The highest BCUT2D eigenvalue weighted by atomic mass is 32.2. The van der Waals surface area contributed by atoms with E-state index in [-0.39, 0.29) is 23.8 Å². The number of thioether (sulfide) groups is 1. The maximum atomic E-state index is 12.9. The molecule has 136 valence electrons. The molecule has 2 heterocycles. The van der Waals surface area contributed by atoms with Crippen LogP contribution in [0.15, 0.2) is 65.1 Å². The van der Waals surface area contributed by atoms with Crippen molar-refractivity contribution in [2.24, 2.45) is 7.05 Å². The van der Waals surface area contributed by atoms with Crippen molar-refractivity contribution in [3.63, 3.8) is 0 Å². The number of aromatic nitrogens is 2. The van der Waals surface area contributed by atoms with Gasteiger partial charge in [0.2, 0.25) is 5.91 Å². The molecular formula is C21H19N3O2S. The third-order valence-electron chi connectivity index (χ3n) is 4.83. The fourth-order valence-electron chi connectivity index (χ4n) is 3.62. The molecule has 27 heavy (non-hydrogen) atoms. The third-order valence-corrected chi connectivity index (χ3v) is 5.86. The molecule has 1 atom stereocenters. The van der Waals surface area contributed by atoms with Crippen molar-refractivity contribution in [2.75, 3.05) is 11.1 Å². The van der Waals surface area contributed by atoms with E-state index in [0.717, 1.165) is 16.3 Å². The topological polar surface area (TPSA) is 64.0 Å². The minimum absolute atomic E-state index is 0.0960. The van der Waals surface area contributed by atoms with Crippen LogP contribution in [0.25, 0.3) is 10.8 Å². The molecule has 0 bridgehead atoms. The van der Waals surface area contributed by atoms with Gasteiger partial charge in [-0.1, -0.05) is 60.3 Å². The Morgan fingerprint density at radius 3 is 2.85 bits per heavy atom. The largest absolute Gasteiger partial charge is 0.312 e. The summed E-state index contributed by atoms with van der Waals surface area (Å²) in [5.41, 5.74) is 1.25. The number of carbonyl (C=O) groups is 1. The standard InChI is InChI=1S/C21H19N3O2S/c1-3-11-27-21-23-20(26)18-16(12-17(25)22-19(18)24(21)2)15-10-6-8-13-7-4-5-9-14(13)15/h3-10,16H,1,11-12H2,2H3,(H,22,25). The van der Waals surface area contributed by atoms with E-state index in [1.807, 2.05) is 49.5 Å². The van der Waals surface area contributed by atoms with Gasteiger partial charge in [0, 0.05) is 25.1 Å². The fourth-order valence-corrected chi connectivity index (χ4v) is 4.32. The first kappa shape index (κ1) is 17.5. The maximum Gasteiger partial charge on any atom is 0.279 e. The second-order valence-electron chi connectivity index (χ2n) is 6.49. The Morgan fingerprint density at radius 2 is 2.04 bits per heavy atom. The molecule has 6 heteroatoms. The molecule has 1 aliphatic rings. The number of amides is 1. The molecule has 0 radical (unpaired) electrons. The molecule has 1 N–H and O–H groups in total. The second-order valence-corrected chi connectivity index (χ2v) is 7.48. The molecule has 0 fully saturated rings. The average molecular weight is 377 g/mol. The molecule has 4 rings (SSSR count). The van der Waals surface area contributed by atoms with Crippen molar-refractivity contribution in [3.05, 3.63) is 76.6 Å². The number of hydrogen-bond acceptors (Lipinski definition) is 4. The number of fused-ring (bicyclic) bond motifs is 2. The minimum Gasteiger partial charge on any atom is -0.312 e. The average Bonchev–Trinajstić information content (AvgIpc) is 2.68. The number of anilines is 1. The molecule has 3 aromatic rings. The van der Waals surface area contributed by atoms with Crippen LogP contribution in [-0.4, -0.2) is 21.2 Å². The van der Waals surface area contributed by atoms with E-state index in [4.69, 9.17) is 0 Å².